The van der Waals surface area contributed by atoms with Crippen molar-refractivity contribution in [1.29, 1.82) is 0 Å². The molecule has 37 heavy (non-hydrogen) atoms. The maximum Gasteiger partial charge on any atom is 0.274 e. The monoisotopic (exact) mass is 503 g/mol. The second-order valence-corrected chi connectivity index (χ2v) is 9.00. The number of anilines is 1. The molecule has 0 radical (unpaired) electrons. The third-order valence-electron chi connectivity index (χ3n) is 6.78. The van der Waals surface area contributed by atoms with E-state index < -0.39 is 0 Å². The minimum Gasteiger partial charge on any atom is -0.496 e. The van der Waals surface area contributed by atoms with Crippen molar-refractivity contribution >= 4 is 11.7 Å². The van der Waals surface area contributed by atoms with Crippen LogP contribution in [-0.2, 0) is 6.54 Å². The molecule has 0 saturated carbocycles. The summed E-state index contributed by atoms with van der Waals surface area (Å²) < 4.78 is 11.4. The Hall–Kier alpha value is -3.65. The second kappa shape index (κ2) is 12.5. The van der Waals surface area contributed by atoms with Crippen LogP contribution in [0.2, 0.25) is 0 Å². The van der Waals surface area contributed by atoms with E-state index in [9.17, 15) is 4.79 Å². The standard InChI is InChI=1S/C29H37N5O3/c1-5-33(6-2)29(35)26-13-14-28(31-30-26)34-17-15-32(16-18-34)21-24-12-11-23(20-27(24)36-4)22-9-8-10-25(19-22)37-7-3/h8-14,19-20H,5-7,15-18,21H2,1-4H3. The van der Waals surface area contributed by atoms with Gasteiger partial charge in [0.2, 0.25) is 0 Å². The Balaban J connectivity index is 1.36. The molecule has 0 atom stereocenters. The molecule has 196 valence electrons. The smallest absolute Gasteiger partial charge is 0.274 e. The number of nitrogens with zero attached hydrogens (tertiary/aromatic N) is 5. The first-order chi connectivity index (χ1) is 18.1. The van der Waals surface area contributed by atoms with Gasteiger partial charge in [-0.1, -0.05) is 24.3 Å². The Morgan fingerprint density at radius 2 is 1.68 bits per heavy atom. The van der Waals surface area contributed by atoms with Gasteiger partial charge in [-0.25, -0.2) is 0 Å². The van der Waals surface area contributed by atoms with Crippen LogP contribution in [0.3, 0.4) is 0 Å². The highest BCUT2D eigenvalue weighted by molar-refractivity contribution is 5.92. The Morgan fingerprint density at radius 3 is 2.32 bits per heavy atom. The number of amides is 1. The lowest BCUT2D eigenvalue weighted by atomic mass is 10.0. The highest BCUT2D eigenvalue weighted by Crippen LogP contribution is 2.30. The number of rotatable bonds is 10. The molecule has 0 unspecified atom stereocenters. The lowest BCUT2D eigenvalue weighted by molar-refractivity contribution is 0.0766. The minimum atomic E-state index is -0.0733. The number of ether oxygens (including phenoxy) is 2. The van der Waals surface area contributed by atoms with Crippen molar-refractivity contribution in [3.8, 4) is 22.6 Å². The first-order valence-electron chi connectivity index (χ1n) is 13.1. The van der Waals surface area contributed by atoms with Crippen LogP contribution in [0.1, 0.15) is 36.8 Å². The van der Waals surface area contributed by atoms with Crippen LogP contribution in [0.4, 0.5) is 5.82 Å². The number of benzene rings is 2. The molecule has 8 heteroatoms. The van der Waals surface area contributed by atoms with E-state index in [0.29, 0.717) is 25.4 Å². The third-order valence-corrected chi connectivity index (χ3v) is 6.78. The summed E-state index contributed by atoms with van der Waals surface area (Å²) in [5, 5.41) is 8.56. The van der Waals surface area contributed by atoms with E-state index in [1.54, 1.807) is 18.1 Å². The average molecular weight is 504 g/mol. The third kappa shape index (κ3) is 6.38. The summed E-state index contributed by atoms with van der Waals surface area (Å²) in [6.45, 7) is 12.2. The van der Waals surface area contributed by atoms with Crippen LogP contribution in [0.25, 0.3) is 11.1 Å². The Labute approximate surface area is 219 Å². The van der Waals surface area contributed by atoms with Crippen molar-refractivity contribution in [2.75, 3.05) is 57.9 Å². The predicted molar refractivity (Wildman–Crippen MR) is 146 cm³/mol. The fourth-order valence-corrected chi connectivity index (χ4v) is 4.64. The maximum atomic E-state index is 12.5. The lowest BCUT2D eigenvalue weighted by Crippen LogP contribution is -2.46. The zero-order valence-electron chi connectivity index (χ0n) is 22.3. The summed E-state index contributed by atoms with van der Waals surface area (Å²) in [5.74, 6) is 2.50. The van der Waals surface area contributed by atoms with Gasteiger partial charge in [-0.15, -0.1) is 10.2 Å². The quantitative estimate of drug-likeness (QED) is 0.407. The zero-order valence-corrected chi connectivity index (χ0v) is 22.3. The van der Waals surface area contributed by atoms with Crippen molar-refractivity contribution in [3.05, 3.63) is 65.9 Å². The largest absolute Gasteiger partial charge is 0.496 e. The molecule has 3 aromatic rings. The van der Waals surface area contributed by atoms with E-state index in [1.807, 2.05) is 39.0 Å². The average Bonchev–Trinajstić information content (AvgIpc) is 2.95. The molecule has 1 aliphatic rings. The van der Waals surface area contributed by atoms with E-state index in [1.165, 1.54) is 5.56 Å². The number of carbonyl (C=O) groups excluding carboxylic acids is 1. The molecule has 2 aromatic carbocycles. The topological polar surface area (TPSA) is 71.0 Å². The summed E-state index contributed by atoms with van der Waals surface area (Å²) in [4.78, 5) is 18.9. The molecular formula is C29H37N5O3. The van der Waals surface area contributed by atoms with Gasteiger partial charge in [0.1, 0.15) is 11.5 Å². The van der Waals surface area contributed by atoms with Gasteiger partial charge in [0.25, 0.3) is 5.91 Å². The predicted octanol–water partition coefficient (Wildman–Crippen LogP) is 4.36. The van der Waals surface area contributed by atoms with Gasteiger partial charge >= 0.3 is 0 Å². The van der Waals surface area contributed by atoms with Crippen molar-refractivity contribution in [3.63, 3.8) is 0 Å². The highest BCUT2D eigenvalue weighted by Gasteiger charge is 2.21. The van der Waals surface area contributed by atoms with Gasteiger partial charge in [0, 0.05) is 51.4 Å². The molecule has 2 heterocycles. The highest BCUT2D eigenvalue weighted by atomic mass is 16.5. The van der Waals surface area contributed by atoms with Gasteiger partial charge in [-0.05, 0) is 62.2 Å². The Morgan fingerprint density at radius 1 is 0.919 bits per heavy atom. The number of piperazine rings is 1. The first-order valence-corrected chi connectivity index (χ1v) is 13.1. The summed E-state index contributed by atoms with van der Waals surface area (Å²) in [5.41, 5.74) is 3.77. The number of aromatic nitrogens is 2. The van der Waals surface area contributed by atoms with Crippen molar-refractivity contribution in [2.24, 2.45) is 0 Å². The maximum absolute atomic E-state index is 12.5. The number of methoxy groups -OCH3 is 1. The van der Waals surface area contributed by atoms with Crippen LogP contribution >= 0.6 is 0 Å². The molecule has 0 aliphatic carbocycles. The fourth-order valence-electron chi connectivity index (χ4n) is 4.64. The van der Waals surface area contributed by atoms with Crippen LogP contribution in [0.5, 0.6) is 11.5 Å². The normalized spacial score (nSPS) is 13.9. The first kappa shape index (κ1) is 26.4. The van der Waals surface area contributed by atoms with E-state index in [4.69, 9.17) is 9.47 Å². The fraction of sp³-hybridized carbons (Fsp3) is 0.414. The van der Waals surface area contributed by atoms with Gasteiger partial charge < -0.3 is 19.3 Å². The summed E-state index contributed by atoms with van der Waals surface area (Å²) >= 11 is 0. The van der Waals surface area contributed by atoms with E-state index in [0.717, 1.165) is 61.2 Å². The van der Waals surface area contributed by atoms with Gasteiger partial charge in [0.05, 0.1) is 13.7 Å². The summed E-state index contributed by atoms with van der Waals surface area (Å²) in [7, 11) is 1.73. The lowest BCUT2D eigenvalue weighted by Gasteiger charge is -2.35. The SMILES string of the molecule is CCOc1cccc(-c2ccc(CN3CCN(c4ccc(C(=O)N(CC)CC)nn4)CC3)c(OC)c2)c1. The van der Waals surface area contributed by atoms with Gasteiger partial charge in [0.15, 0.2) is 11.5 Å². The second-order valence-electron chi connectivity index (χ2n) is 9.00. The van der Waals surface area contributed by atoms with Crippen LogP contribution in [0.15, 0.2) is 54.6 Å². The van der Waals surface area contributed by atoms with Crippen LogP contribution in [-0.4, -0.2) is 78.9 Å². The molecule has 1 aromatic heterocycles. The van der Waals surface area contributed by atoms with Crippen LogP contribution < -0.4 is 14.4 Å². The Bertz CT molecular complexity index is 1170. The number of hydrogen-bond acceptors (Lipinski definition) is 7. The van der Waals surface area contributed by atoms with Crippen molar-refractivity contribution in [1.82, 2.24) is 20.0 Å². The number of carbonyl (C=O) groups is 1. The molecule has 0 bridgehead atoms. The van der Waals surface area contributed by atoms with Gasteiger partial charge in [-0.3, -0.25) is 9.69 Å². The molecule has 0 N–H and O–H groups in total. The van der Waals surface area contributed by atoms with E-state index in [-0.39, 0.29) is 5.91 Å². The van der Waals surface area contributed by atoms with E-state index >= 15 is 0 Å². The molecule has 1 amide bonds. The van der Waals surface area contributed by atoms with Gasteiger partial charge in [-0.2, -0.15) is 0 Å². The zero-order chi connectivity index (χ0) is 26.2. The summed E-state index contributed by atoms with van der Waals surface area (Å²) in [6, 6.07) is 18.2. The molecule has 4 rings (SSSR count). The Kier molecular flexibility index (Phi) is 8.95. The molecule has 0 spiro atoms. The molecule has 8 nitrogen and oxygen atoms in total. The van der Waals surface area contributed by atoms with Crippen molar-refractivity contribution in [2.45, 2.75) is 27.3 Å². The molecular weight excluding hydrogens is 466 g/mol. The van der Waals surface area contributed by atoms with E-state index in [2.05, 4.69) is 50.3 Å². The van der Waals surface area contributed by atoms with Crippen molar-refractivity contribution < 1.29 is 14.3 Å². The van der Waals surface area contributed by atoms with Crippen LogP contribution in [0, 0.1) is 0 Å². The summed E-state index contributed by atoms with van der Waals surface area (Å²) in [6.07, 6.45) is 0. The molecule has 1 saturated heterocycles. The number of hydrogen-bond donors (Lipinski definition) is 0. The minimum absolute atomic E-state index is 0.0733. The molecule has 1 fully saturated rings. The molecule has 1 aliphatic heterocycles.